The minimum atomic E-state index is -0.0536. The van der Waals surface area contributed by atoms with Gasteiger partial charge in [0.15, 0.2) is 0 Å². The van der Waals surface area contributed by atoms with Gasteiger partial charge in [-0.15, -0.1) is 0 Å². The Morgan fingerprint density at radius 2 is 1.93 bits per heavy atom. The van der Waals surface area contributed by atoms with Crippen LogP contribution in [0.2, 0.25) is 0 Å². The summed E-state index contributed by atoms with van der Waals surface area (Å²) in [4.78, 5) is 23.5. The Balaban J connectivity index is 1.58. The number of rotatable bonds is 4. The maximum absolute atomic E-state index is 12.5. The first-order valence-corrected chi connectivity index (χ1v) is 9.17. The van der Waals surface area contributed by atoms with Crippen molar-refractivity contribution in [3.8, 4) is 11.3 Å². The van der Waals surface area contributed by atoms with Gasteiger partial charge in [0.25, 0.3) is 5.56 Å². The molecule has 1 aromatic carbocycles. The first-order valence-electron chi connectivity index (χ1n) is 9.17. The molecule has 1 atom stereocenters. The smallest absolute Gasteiger partial charge is 0.255 e. The third kappa shape index (κ3) is 3.56. The molecule has 3 heterocycles. The lowest BCUT2D eigenvalue weighted by Crippen LogP contribution is -2.32. The molecule has 1 saturated heterocycles. The highest BCUT2D eigenvalue weighted by molar-refractivity contribution is 5.60. The number of nitrogens with zero attached hydrogens (tertiary/aromatic N) is 4. The van der Waals surface area contributed by atoms with Crippen LogP contribution in [0.1, 0.15) is 12.0 Å². The van der Waals surface area contributed by atoms with E-state index >= 15 is 0 Å². The van der Waals surface area contributed by atoms with Gasteiger partial charge in [-0.1, -0.05) is 18.2 Å². The van der Waals surface area contributed by atoms with Crippen molar-refractivity contribution in [1.29, 1.82) is 0 Å². The van der Waals surface area contributed by atoms with Crippen molar-refractivity contribution in [2.45, 2.75) is 19.4 Å². The Kier molecular flexibility index (Phi) is 4.62. The molecule has 3 aromatic rings. The predicted octanol–water partition coefficient (Wildman–Crippen LogP) is 2.84. The van der Waals surface area contributed by atoms with E-state index in [1.165, 1.54) is 5.56 Å². The van der Waals surface area contributed by atoms with E-state index in [1.54, 1.807) is 30.1 Å². The minimum absolute atomic E-state index is 0.0536. The first-order chi connectivity index (χ1) is 13.1. The van der Waals surface area contributed by atoms with E-state index in [0.717, 1.165) is 30.8 Å². The zero-order valence-electron chi connectivity index (χ0n) is 15.6. The molecule has 27 heavy (non-hydrogen) atoms. The molecule has 0 bridgehead atoms. The van der Waals surface area contributed by atoms with Crippen LogP contribution in [0.3, 0.4) is 0 Å². The lowest BCUT2D eigenvalue weighted by atomic mass is 10.1. The van der Waals surface area contributed by atoms with Gasteiger partial charge in [0.05, 0.1) is 5.69 Å². The summed E-state index contributed by atoms with van der Waals surface area (Å²) in [5.41, 5.74) is 3.93. The topological polar surface area (TPSA) is 63.0 Å². The van der Waals surface area contributed by atoms with Gasteiger partial charge in [-0.2, -0.15) is 0 Å². The highest BCUT2D eigenvalue weighted by Crippen LogP contribution is 2.23. The second kappa shape index (κ2) is 7.23. The highest BCUT2D eigenvalue weighted by Gasteiger charge is 2.26. The third-order valence-corrected chi connectivity index (χ3v) is 5.06. The molecule has 2 aromatic heterocycles. The zero-order chi connectivity index (χ0) is 18.8. The summed E-state index contributed by atoms with van der Waals surface area (Å²) in [6.07, 6.45) is 4.43. The van der Waals surface area contributed by atoms with Crippen molar-refractivity contribution in [2.24, 2.45) is 7.05 Å². The Hall–Kier alpha value is -3.15. The maximum Gasteiger partial charge on any atom is 0.255 e. The van der Waals surface area contributed by atoms with E-state index in [4.69, 9.17) is 4.98 Å². The summed E-state index contributed by atoms with van der Waals surface area (Å²) in [6, 6.07) is 14.0. The molecule has 1 aliphatic rings. The lowest BCUT2D eigenvalue weighted by Gasteiger charge is -2.21. The van der Waals surface area contributed by atoms with Crippen LogP contribution >= 0.6 is 0 Å². The molecule has 0 unspecified atom stereocenters. The molecule has 0 aliphatic carbocycles. The quantitative estimate of drug-likeness (QED) is 0.774. The molecular formula is C21H23N5O. The van der Waals surface area contributed by atoms with Crippen LogP contribution in [-0.2, 0) is 7.05 Å². The number of anilines is 2. The number of hydrogen-bond acceptors (Lipinski definition) is 5. The molecule has 0 spiro atoms. The van der Waals surface area contributed by atoms with Gasteiger partial charge < -0.3 is 10.2 Å². The summed E-state index contributed by atoms with van der Waals surface area (Å²) >= 11 is 0. The van der Waals surface area contributed by atoms with Gasteiger partial charge in [-0.3, -0.25) is 14.3 Å². The van der Waals surface area contributed by atoms with Gasteiger partial charge in [-0.25, -0.2) is 4.98 Å². The minimum Gasteiger partial charge on any atom is -0.380 e. The summed E-state index contributed by atoms with van der Waals surface area (Å²) in [5.74, 6) is 0.711. The van der Waals surface area contributed by atoms with E-state index in [-0.39, 0.29) is 5.56 Å². The summed E-state index contributed by atoms with van der Waals surface area (Å²) < 4.78 is 1.63. The highest BCUT2D eigenvalue weighted by atomic mass is 16.1. The summed E-state index contributed by atoms with van der Waals surface area (Å²) in [5, 5.41) is 3.62. The number of aromatic nitrogens is 3. The van der Waals surface area contributed by atoms with Crippen LogP contribution in [0.15, 0.2) is 59.7 Å². The third-order valence-electron chi connectivity index (χ3n) is 5.06. The Labute approximate surface area is 158 Å². The molecule has 4 rings (SSSR count). The molecule has 1 N–H and O–H groups in total. The molecule has 0 saturated carbocycles. The second-order valence-electron chi connectivity index (χ2n) is 6.97. The van der Waals surface area contributed by atoms with E-state index in [2.05, 4.69) is 34.3 Å². The zero-order valence-corrected chi connectivity index (χ0v) is 15.6. The number of nitrogens with one attached hydrogen (secondary N) is 1. The van der Waals surface area contributed by atoms with Crippen molar-refractivity contribution in [3.05, 3.63) is 70.8 Å². The van der Waals surface area contributed by atoms with Gasteiger partial charge in [0.1, 0.15) is 0 Å². The monoisotopic (exact) mass is 361 g/mol. The fourth-order valence-electron chi connectivity index (χ4n) is 3.50. The van der Waals surface area contributed by atoms with Crippen molar-refractivity contribution in [2.75, 3.05) is 23.3 Å². The molecule has 6 nitrogen and oxygen atoms in total. The predicted molar refractivity (Wildman–Crippen MR) is 108 cm³/mol. The van der Waals surface area contributed by atoms with Crippen LogP contribution in [0.4, 0.5) is 11.6 Å². The average molecular weight is 361 g/mol. The SMILES string of the molecule is Cc1ccccc1N[C@H]1CCN(c2nc(-c3ccncc3)cc(=O)n2C)C1. The molecular weight excluding hydrogens is 338 g/mol. The largest absolute Gasteiger partial charge is 0.380 e. The standard InChI is InChI=1S/C21H23N5O/c1-15-5-3-4-6-18(15)23-17-9-12-26(14-17)21-24-19(13-20(27)25(21)2)16-7-10-22-11-8-16/h3-8,10-11,13,17,23H,9,12,14H2,1-2H3/t17-/m0/s1. The van der Waals surface area contributed by atoms with E-state index in [9.17, 15) is 4.79 Å². The first kappa shape index (κ1) is 17.3. The normalized spacial score (nSPS) is 16.5. The van der Waals surface area contributed by atoms with Crippen LogP contribution in [-0.4, -0.2) is 33.7 Å². The number of para-hydroxylation sites is 1. The van der Waals surface area contributed by atoms with Crippen molar-refractivity contribution in [3.63, 3.8) is 0 Å². The number of hydrogen-bond donors (Lipinski definition) is 1. The Morgan fingerprint density at radius 1 is 1.15 bits per heavy atom. The van der Waals surface area contributed by atoms with Crippen LogP contribution < -0.4 is 15.8 Å². The van der Waals surface area contributed by atoms with E-state index < -0.39 is 0 Å². The van der Waals surface area contributed by atoms with Crippen LogP contribution in [0, 0.1) is 6.92 Å². The van der Waals surface area contributed by atoms with Gasteiger partial charge in [-0.05, 0) is 37.1 Å². The fraction of sp³-hybridized carbons (Fsp3) is 0.286. The number of benzene rings is 1. The molecule has 0 amide bonds. The fourth-order valence-corrected chi connectivity index (χ4v) is 3.50. The molecule has 6 heteroatoms. The van der Waals surface area contributed by atoms with Gasteiger partial charge >= 0.3 is 0 Å². The summed E-state index contributed by atoms with van der Waals surface area (Å²) in [6.45, 7) is 3.79. The van der Waals surface area contributed by atoms with Gasteiger partial charge in [0, 0.05) is 55.9 Å². The van der Waals surface area contributed by atoms with Crippen LogP contribution in [0.5, 0.6) is 0 Å². The number of pyridine rings is 1. The van der Waals surface area contributed by atoms with E-state index in [0.29, 0.717) is 17.7 Å². The number of aryl methyl sites for hydroxylation is 1. The van der Waals surface area contributed by atoms with Crippen molar-refractivity contribution >= 4 is 11.6 Å². The Morgan fingerprint density at radius 3 is 2.70 bits per heavy atom. The second-order valence-corrected chi connectivity index (χ2v) is 6.97. The average Bonchev–Trinajstić information content (AvgIpc) is 3.15. The lowest BCUT2D eigenvalue weighted by molar-refractivity contribution is 0.759. The molecule has 1 aliphatic heterocycles. The van der Waals surface area contributed by atoms with Gasteiger partial charge in [0.2, 0.25) is 5.95 Å². The van der Waals surface area contributed by atoms with E-state index in [1.807, 2.05) is 24.3 Å². The molecule has 0 radical (unpaired) electrons. The molecule has 1 fully saturated rings. The summed E-state index contributed by atoms with van der Waals surface area (Å²) in [7, 11) is 1.78. The van der Waals surface area contributed by atoms with Crippen molar-refractivity contribution in [1.82, 2.24) is 14.5 Å². The van der Waals surface area contributed by atoms with Crippen LogP contribution in [0.25, 0.3) is 11.3 Å². The van der Waals surface area contributed by atoms with Crippen molar-refractivity contribution < 1.29 is 0 Å². The Bertz CT molecular complexity index is 999. The molecule has 138 valence electrons. The maximum atomic E-state index is 12.5.